The number of rotatable bonds is 8. The van der Waals surface area contributed by atoms with Crippen molar-refractivity contribution in [3.8, 4) is 0 Å². The molecule has 2 N–H and O–H groups in total. The Morgan fingerprint density at radius 3 is 2.52 bits per heavy atom. The topological polar surface area (TPSA) is 48.9 Å². The van der Waals surface area contributed by atoms with E-state index in [1.165, 1.54) is 5.56 Å². The van der Waals surface area contributed by atoms with Crippen molar-refractivity contribution in [3.63, 3.8) is 0 Å². The van der Waals surface area contributed by atoms with E-state index < -0.39 is 0 Å². The number of benzene rings is 1. The average Bonchev–Trinajstić information content (AvgIpc) is 2.63. The molecule has 0 amide bonds. The van der Waals surface area contributed by atoms with Crippen molar-refractivity contribution in [3.05, 3.63) is 35.9 Å². The predicted octanol–water partition coefficient (Wildman–Crippen LogP) is 2.31. The van der Waals surface area contributed by atoms with Gasteiger partial charge in [0.25, 0.3) is 0 Å². The van der Waals surface area contributed by atoms with Crippen LogP contribution in [0.1, 0.15) is 32.3 Å². The molecule has 1 aliphatic rings. The first-order chi connectivity index (χ1) is 12.2. The summed E-state index contributed by atoms with van der Waals surface area (Å²) in [6.45, 7) is 14.0. The molecule has 1 atom stereocenters. The van der Waals surface area contributed by atoms with Crippen LogP contribution in [0, 0.1) is 5.92 Å². The van der Waals surface area contributed by atoms with Gasteiger partial charge in [-0.15, -0.1) is 0 Å². The molecule has 0 saturated carbocycles. The monoisotopic (exact) mass is 346 g/mol. The first-order valence-electron chi connectivity index (χ1n) is 9.58. The van der Waals surface area contributed by atoms with E-state index in [0.29, 0.717) is 11.8 Å². The van der Waals surface area contributed by atoms with Crippen molar-refractivity contribution in [2.45, 2.75) is 26.7 Å². The highest BCUT2D eigenvalue weighted by molar-refractivity contribution is 5.79. The van der Waals surface area contributed by atoms with Crippen molar-refractivity contribution in [2.75, 3.05) is 52.5 Å². The molecule has 1 saturated heterocycles. The van der Waals surface area contributed by atoms with Crippen LogP contribution in [0.15, 0.2) is 35.3 Å². The SMILES string of the molecule is CCNC(=NCC(c1ccccc1)C(C)C)NCCN1CCOCC1. The Morgan fingerprint density at radius 1 is 1.16 bits per heavy atom. The molecule has 5 heteroatoms. The highest BCUT2D eigenvalue weighted by Gasteiger charge is 2.15. The molecular weight excluding hydrogens is 312 g/mol. The van der Waals surface area contributed by atoms with Gasteiger partial charge in [-0.1, -0.05) is 44.2 Å². The van der Waals surface area contributed by atoms with Crippen molar-refractivity contribution >= 4 is 5.96 Å². The lowest BCUT2D eigenvalue weighted by Crippen LogP contribution is -2.44. The summed E-state index contributed by atoms with van der Waals surface area (Å²) in [5, 5.41) is 6.83. The van der Waals surface area contributed by atoms with Gasteiger partial charge in [0, 0.05) is 45.2 Å². The lowest BCUT2D eigenvalue weighted by atomic mass is 9.88. The smallest absolute Gasteiger partial charge is 0.191 e. The van der Waals surface area contributed by atoms with Crippen LogP contribution in [0.4, 0.5) is 0 Å². The van der Waals surface area contributed by atoms with Crippen LogP contribution in [0.25, 0.3) is 0 Å². The summed E-state index contributed by atoms with van der Waals surface area (Å²) < 4.78 is 5.40. The van der Waals surface area contributed by atoms with Crippen LogP contribution < -0.4 is 10.6 Å². The van der Waals surface area contributed by atoms with Gasteiger partial charge in [0.05, 0.1) is 13.2 Å². The summed E-state index contributed by atoms with van der Waals surface area (Å²) >= 11 is 0. The quantitative estimate of drug-likeness (QED) is 0.560. The Kier molecular flexibility index (Phi) is 8.77. The molecule has 0 radical (unpaired) electrons. The summed E-state index contributed by atoms with van der Waals surface area (Å²) in [6, 6.07) is 10.7. The number of guanidine groups is 1. The Labute approximate surface area is 152 Å². The zero-order valence-corrected chi connectivity index (χ0v) is 16.0. The van der Waals surface area contributed by atoms with E-state index in [-0.39, 0.29) is 0 Å². The summed E-state index contributed by atoms with van der Waals surface area (Å²) in [5.74, 6) is 1.91. The molecule has 1 heterocycles. The van der Waals surface area contributed by atoms with Crippen LogP contribution in [-0.2, 0) is 4.74 Å². The maximum Gasteiger partial charge on any atom is 0.191 e. The third-order valence-electron chi connectivity index (χ3n) is 4.65. The summed E-state index contributed by atoms with van der Waals surface area (Å²) in [5.41, 5.74) is 1.37. The maximum absolute atomic E-state index is 5.40. The van der Waals surface area contributed by atoms with Gasteiger partial charge in [-0.05, 0) is 18.4 Å². The van der Waals surface area contributed by atoms with Crippen LogP contribution in [0.2, 0.25) is 0 Å². The molecule has 25 heavy (non-hydrogen) atoms. The van der Waals surface area contributed by atoms with Gasteiger partial charge in [0.15, 0.2) is 5.96 Å². The van der Waals surface area contributed by atoms with E-state index in [9.17, 15) is 0 Å². The maximum atomic E-state index is 5.40. The van der Waals surface area contributed by atoms with E-state index in [2.05, 4.69) is 66.6 Å². The predicted molar refractivity (Wildman–Crippen MR) is 105 cm³/mol. The minimum absolute atomic E-state index is 0.441. The largest absolute Gasteiger partial charge is 0.379 e. The molecule has 0 aliphatic carbocycles. The zero-order valence-electron chi connectivity index (χ0n) is 16.0. The number of morpholine rings is 1. The third kappa shape index (κ3) is 7.04. The lowest BCUT2D eigenvalue weighted by Gasteiger charge is -2.27. The highest BCUT2D eigenvalue weighted by Crippen LogP contribution is 2.24. The minimum Gasteiger partial charge on any atom is -0.379 e. The molecule has 1 aliphatic heterocycles. The first kappa shape index (κ1) is 19.7. The normalized spacial score (nSPS) is 17.5. The molecule has 0 aromatic heterocycles. The number of nitrogens with one attached hydrogen (secondary N) is 2. The van der Waals surface area contributed by atoms with Gasteiger partial charge >= 0.3 is 0 Å². The van der Waals surface area contributed by atoms with Gasteiger partial charge in [-0.25, -0.2) is 0 Å². The van der Waals surface area contributed by atoms with E-state index in [4.69, 9.17) is 9.73 Å². The number of hydrogen-bond donors (Lipinski definition) is 2. The Bertz CT molecular complexity index is 498. The van der Waals surface area contributed by atoms with Crippen molar-refractivity contribution in [1.29, 1.82) is 0 Å². The Morgan fingerprint density at radius 2 is 1.88 bits per heavy atom. The van der Waals surface area contributed by atoms with Crippen LogP contribution in [0.5, 0.6) is 0 Å². The van der Waals surface area contributed by atoms with Crippen molar-refractivity contribution in [1.82, 2.24) is 15.5 Å². The standard InChI is InChI=1S/C20H34N4O/c1-4-21-20(22-10-11-24-12-14-25-15-13-24)23-16-19(17(2)3)18-8-6-5-7-9-18/h5-9,17,19H,4,10-16H2,1-3H3,(H2,21,22,23). The number of hydrogen-bond acceptors (Lipinski definition) is 3. The molecule has 1 unspecified atom stereocenters. The molecule has 0 bridgehead atoms. The molecule has 5 nitrogen and oxygen atoms in total. The number of ether oxygens (including phenoxy) is 1. The first-order valence-corrected chi connectivity index (χ1v) is 9.58. The fraction of sp³-hybridized carbons (Fsp3) is 0.650. The van der Waals surface area contributed by atoms with Crippen LogP contribution in [0.3, 0.4) is 0 Å². The van der Waals surface area contributed by atoms with Crippen LogP contribution in [-0.4, -0.2) is 63.3 Å². The molecule has 1 aromatic carbocycles. The third-order valence-corrected chi connectivity index (χ3v) is 4.65. The van der Waals surface area contributed by atoms with Gasteiger partial charge in [0.2, 0.25) is 0 Å². The molecule has 0 spiro atoms. The average molecular weight is 347 g/mol. The Balaban J connectivity index is 1.88. The summed E-state index contributed by atoms with van der Waals surface area (Å²) in [7, 11) is 0. The summed E-state index contributed by atoms with van der Waals surface area (Å²) in [6.07, 6.45) is 0. The second-order valence-electron chi connectivity index (χ2n) is 6.86. The Hall–Kier alpha value is -1.59. The van der Waals surface area contributed by atoms with Gasteiger partial charge in [-0.2, -0.15) is 0 Å². The van der Waals surface area contributed by atoms with E-state index >= 15 is 0 Å². The molecule has 1 fully saturated rings. The van der Waals surface area contributed by atoms with Crippen molar-refractivity contribution < 1.29 is 4.74 Å². The van der Waals surface area contributed by atoms with Gasteiger partial charge in [-0.3, -0.25) is 9.89 Å². The number of nitrogens with zero attached hydrogens (tertiary/aromatic N) is 2. The fourth-order valence-electron chi connectivity index (χ4n) is 3.09. The second kappa shape index (κ2) is 11.1. The molecule has 2 rings (SSSR count). The van der Waals surface area contributed by atoms with Gasteiger partial charge in [0.1, 0.15) is 0 Å². The molecule has 1 aromatic rings. The van der Waals surface area contributed by atoms with E-state index in [1.807, 2.05) is 0 Å². The van der Waals surface area contributed by atoms with E-state index in [0.717, 1.165) is 58.4 Å². The van der Waals surface area contributed by atoms with Gasteiger partial charge < -0.3 is 15.4 Å². The van der Waals surface area contributed by atoms with Crippen LogP contribution >= 0.6 is 0 Å². The number of aliphatic imine (C=N–C) groups is 1. The molecular formula is C20H34N4O. The van der Waals surface area contributed by atoms with E-state index in [1.54, 1.807) is 0 Å². The van der Waals surface area contributed by atoms with Crippen molar-refractivity contribution in [2.24, 2.45) is 10.9 Å². The minimum atomic E-state index is 0.441. The summed E-state index contributed by atoms with van der Waals surface area (Å²) in [4.78, 5) is 7.28. The lowest BCUT2D eigenvalue weighted by molar-refractivity contribution is 0.0389. The zero-order chi connectivity index (χ0) is 17.9. The highest BCUT2D eigenvalue weighted by atomic mass is 16.5. The fourth-order valence-corrected chi connectivity index (χ4v) is 3.09. The molecule has 140 valence electrons. The second-order valence-corrected chi connectivity index (χ2v) is 6.86.